The Kier molecular flexibility index (Phi) is 15.3. The SMILES string of the molecule is O=C(CCSSc1cccc(OC(=O)CCSSc2ccccn2)n1)NC[C@@H](O)[C@@H](O)[C@H](O)[C@H](O)CO. The molecule has 37 heavy (non-hydrogen) atoms. The molecule has 6 N–H and O–H groups in total. The number of esters is 1. The molecule has 15 heteroatoms. The molecule has 0 bridgehead atoms. The molecule has 11 nitrogen and oxygen atoms in total. The minimum atomic E-state index is -1.75. The number of aliphatic hydroxyl groups excluding tert-OH is 5. The lowest BCUT2D eigenvalue weighted by molar-refractivity contribution is -0.134. The maximum absolute atomic E-state index is 12.1. The van der Waals surface area contributed by atoms with Crippen molar-refractivity contribution in [2.75, 3.05) is 24.7 Å². The Labute approximate surface area is 230 Å². The van der Waals surface area contributed by atoms with Gasteiger partial charge in [-0.2, -0.15) is 0 Å². The number of rotatable bonds is 17. The van der Waals surface area contributed by atoms with E-state index in [4.69, 9.17) is 9.84 Å². The van der Waals surface area contributed by atoms with Crippen LogP contribution in [0.4, 0.5) is 0 Å². The van der Waals surface area contributed by atoms with Gasteiger partial charge in [0.1, 0.15) is 28.4 Å². The zero-order valence-electron chi connectivity index (χ0n) is 19.6. The third-order valence-corrected chi connectivity index (χ3v) is 9.00. The molecule has 2 heterocycles. The third kappa shape index (κ3) is 12.7. The van der Waals surface area contributed by atoms with Crippen LogP contribution < -0.4 is 10.1 Å². The number of amides is 1. The lowest BCUT2D eigenvalue weighted by Crippen LogP contribution is -2.49. The van der Waals surface area contributed by atoms with Crippen LogP contribution in [0.15, 0.2) is 52.6 Å². The third-order valence-electron chi connectivity index (χ3n) is 4.48. The van der Waals surface area contributed by atoms with Crippen molar-refractivity contribution in [1.82, 2.24) is 15.3 Å². The number of pyridine rings is 2. The van der Waals surface area contributed by atoms with Gasteiger partial charge in [-0.3, -0.25) is 9.59 Å². The predicted molar refractivity (Wildman–Crippen MR) is 144 cm³/mol. The summed E-state index contributed by atoms with van der Waals surface area (Å²) < 4.78 is 5.30. The van der Waals surface area contributed by atoms with E-state index in [-0.39, 0.29) is 31.2 Å². The van der Waals surface area contributed by atoms with Gasteiger partial charge in [0, 0.05) is 36.7 Å². The van der Waals surface area contributed by atoms with Gasteiger partial charge in [0.05, 0.1) is 19.1 Å². The van der Waals surface area contributed by atoms with Gasteiger partial charge in [-0.05, 0) is 39.8 Å². The largest absolute Gasteiger partial charge is 0.407 e. The molecule has 0 radical (unpaired) electrons. The maximum atomic E-state index is 12.1. The molecule has 2 aromatic heterocycles. The summed E-state index contributed by atoms with van der Waals surface area (Å²) in [7, 11) is 5.66. The molecular formula is C22H29N3O8S4. The van der Waals surface area contributed by atoms with E-state index in [9.17, 15) is 30.0 Å². The number of hydrogen-bond acceptors (Lipinski definition) is 14. The number of aromatic nitrogens is 2. The van der Waals surface area contributed by atoms with Gasteiger partial charge in [-0.1, -0.05) is 33.7 Å². The number of nitrogens with one attached hydrogen (secondary N) is 1. The van der Waals surface area contributed by atoms with Crippen molar-refractivity contribution in [2.24, 2.45) is 0 Å². The molecule has 2 aromatic rings. The van der Waals surface area contributed by atoms with Crippen LogP contribution in [-0.2, 0) is 9.59 Å². The molecule has 0 aromatic carbocycles. The number of aliphatic hydroxyl groups is 5. The van der Waals surface area contributed by atoms with E-state index in [1.54, 1.807) is 24.4 Å². The highest BCUT2D eigenvalue weighted by Gasteiger charge is 2.30. The summed E-state index contributed by atoms with van der Waals surface area (Å²) >= 11 is 0. The van der Waals surface area contributed by atoms with E-state index in [1.807, 2.05) is 18.2 Å². The highest BCUT2D eigenvalue weighted by molar-refractivity contribution is 8.77. The van der Waals surface area contributed by atoms with Crippen LogP contribution in [-0.4, -0.2) is 96.5 Å². The highest BCUT2D eigenvalue weighted by atomic mass is 33.1. The molecule has 0 spiro atoms. The molecule has 204 valence electrons. The van der Waals surface area contributed by atoms with E-state index in [2.05, 4.69) is 15.3 Å². The maximum Gasteiger partial charge on any atom is 0.313 e. The smallest absolute Gasteiger partial charge is 0.313 e. The van der Waals surface area contributed by atoms with Crippen LogP contribution in [0.25, 0.3) is 0 Å². The fourth-order valence-corrected chi connectivity index (χ4v) is 6.24. The van der Waals surface area contributed by atoms with Crippen LogP contribution in [0.1, 0.15) is 12.8 Å². The normalized spacial score (nSPS) is 14.4. The first kappa shape index (κ1) is 31.7. The monoisotopic (exact) mass is 591 g/mol. The molecule has 1 amide bonds. The van der Waals surface area contributed by atoms with Gasteiger partial charge < -0.3 is 35.6 Å². The van der Waals surface area contributed by atoms with Crippen molar-refractivity contribution < 1.29 is 39.9 Å². The summed E-state index contributed by atoms with van der Waals surface area (Å²) in [6.45, 7) is -1.11. The molecule has 0 unspecified atom stereocenters. The van der Waals surface area contributed by atoms with Crippen molar-refractivity contribution in [3.63, 3.8) is 0 Å². The van der Waals surface area contributed by atoms with E-state index >= 15 is 0 Å². The van der Waals surface area contributed by atoms with E-state index in [0.717, 1.165) is 5.03 Å². The van der Waals surface area contributed by atoms with Gasteiger partial charge >= 0.3 is 5.97 Å². The Bertz CT molecular complexity index is 963. The first-order chi connectivity index (χ1) is 17.8. The van der Waals surface area contributed by atoms with Gasteiger partial charge in [0.2, 0.25) is 11.8 Å². The van der Waals surface area contributed by atoms with Crippen molar-refractivity contribution >= 4 is 55.1 Å². The molecule has 4 atom stereocenters. The zero-order valence-corrected chi connectivity index (χ0v) is 22.8. The van der Waals surface area contributed by atoms with Gasteiger partial charge in [0.15, 0.2) is 0 Å². The quantitative estimate of drug-likeness (QED) is 0.0866. The van der Waals surface area contributed by atoms with Crippen LogP contribution in [0.2, 0.25) is 0 Å². The second kappa shape index (κ2) is 17.9. The molecular weight excluding hydrogens is 563 g/mol. The Balaban J connectivity index is 1.61. The van der Waals surface area contributed by atoms with Gasteiger partial charge in [-0.25, -0.2) is 9.97 Å². The summed E-state index contributed by atoms with van der Waals surface area (Å²) in [4.78, 5) is 32.5. The number of nitrogens with zero attached hydrogens (tertiary/aromatic N) is 2. The molecule has 0 saturated heterocycles. The standard InChI is InChI=1S/C22H29N3O8S4/c26-13-15(28)22(32)21(31)14(27)12-24-16(29)7-10-34-37-19-6-3-4-17(25-19)33-20(30)8-11-35-36-18-5-1-2-9-23-18/h1-6,9,14-15,21-22,26-28,31-32H,7-8,10-13H2,(H,24,29)/t14-,15-,21-,22-/m1/s1. The summed E-state index contributed by atoms with van der Waals surface area (Å²) in [5, 5.41) is 51.1. The second-order valence-electron chi connectivity index (χ2n) is 7.37. The average Bonchev–Trinajstić information content (AvgIpc) is 2.91. The Morgan fingerprint density at radius 2 is 1.57 bits per heavy atom. The van der Waals surface area contributed by atoms with E-state index < -0.39 is 37.0 Å². The molecule has 0 fully saturated rings. The number of carbonyl (C=O) groups excluding carboxylic acids is 2. The second-order valence-corrected chi connectivity index (χ2v) is 12.2. The summed E-state index contributed by atoms with van der Waals surface area (Å²) in [6, 6.07) is 10.7. The van der Waals surface area contributed by atoms with E-state index in [1.165, 1.54) is 43.2 Å². The topological polar surface area (TPSA) is 182 Å². The Morgan fingerprint density at radius 3 is 2.27 bits per heavy atom. The first-order valence-electron chi connectivity index (χ1n) is 11.1. The number of hydrogen-bond donors (Lipinski definition) is 6. The Morgan fingerprint density at radius 1 is 0.892 bits per heavy atom. The summed E-state index contributed by atoms with van der Waals surface area (Å²) in [6.07, 6.45) is -4.56. The minimum Gasteiger partial charge on any atom is -0.407 e. The van der Waals surface area contributed by atoms with Gasteiger partial charge in [0.25, 0.3) is 0 Å². The zero-order chi connectivity index (χ0) is 27.0. The fraction of sp³-hybridized carbons (Fsp3) is 0.455. The lowest BCUT2D eigenvalue weighted by atomic mass is 10.0. The van der Waals surface area contributed by atoms with Gasteiger partial charge in [-0.15, -0.1) is 0 Å². The van der Waals surface area contributed by atoms with Crippen molar-refractivity contribution in [3.8, 4) is 5.88 Å². The predicted octanol–water partition coefficient (Wildman–Crippen LogP) is 0.895. The van der Waals surface area contributed by atoms with E-state index in [0.29, 0.717) is 16.5 Å². The molecule has 2 rings (SSSR count). The first-order valence-corrected chi connectivity index (χ1v) is 15.7. The summed E-state index contributed by atoms with van der Waals surface area (Å²) in [5.41, 5.74) is 0. The fourth-order valence-electron chi connectivity index (χ4n) is 2.52. The molecule has 0 aliphatic heterocycles. The molecule has 0 saturated carbocycles. The number of ether oxygens (including phenoxy) is 1. The minimum absolute atomic E-state index is 0.116. The van der Waals surface area contributed by atoms with Crippen LogP contribution >= 0.6 is 43.2 Å². The molecule has 0 aliphatic rings. The lowest BCUT2D eigenvalue weighted by Gasteiger charge is -2.25. The molecule has 0 aliphatic carbocycles. The Hall–Kier alpha value is -1.56. The average molecular weight is 592 g/mol. The number of carbonyl (C=O) groups is 2. The van der Waals surface area contributed by atoms with Crippen molar-refractivity contribution in [2.45, 2.75) is 47.3 Å². The van der Waals surface area contributed by atoms with Crippen molar-refractivity contribution in [1.29, 1.82) is 0 Å². The van der Waals surface area contributed by atoms with Crippen molar-refractivity contribution in [3.05, 3.63) is 42.6 Å². The van der Waals surface area contributed by atoms with Crippen LogP contribution in [0.5, 0.6) is 5.88 Å². The highest BCUT2D eigenvalue weighted by Crippen LogP contribution is 2.31. The van der Waals surface area contributed by atoms with Crippen LogP contribution in [0, 0.1) is 0 Å². The van der Waals surface area contributed by atoms with Crippen LogP contribution in [0.3, 0.4) is 0 Å². The summed E-state index contributed by atoms with van der Waals surface area (Å²) in [5.74, 6) is 0.396.